The minimum Gasteiger partial charge on any atom is -0.346 e. The van der Waals surface area contributed by atoms with Crippen LogP contribution in [-0.2, 0) is 0 Å². The van der Waals surface area contributed by atoms with Gasteiger partial charge >= 0.3 is 0 Å². The van der Waals surface area contributed by atoms with Crippen LogP contribution in [0, 0.1) is 0 Å². The second kappa shape index (κ2) is 3.47. The highest BCUT2D eigenvalue weighted by molar-refractivity contribution is 6.34. The molecule has 2 aromatic heterocycles. The van der Waals surface area contributed by atoms with Gasteiger partial charge in [-0.25, -0.2) is 9.97 Å². The average molecular weight is 223 g/mol. The summed E-state index contributed by atoms with van der Waals surface area (Å²) in [6.45, 7) is 2.08. The fourth-order valence-corrected chi connectivity index (χ4v) is 2.43. The average Bonchev–Trinajstić information content (AvgIpc) is 2.85. The largest absolute Gasteiger partial charge is 0.346 e. The van der Waals surface area contributed by atoms with E-state index >= 15 is 0 Å². The van der Waals surface area contributed by atoms with Gasteiger partial charge in [-0.1, -0.05) is 11.6 Å². The first-order valence-corrected chi connectivity index (χ1v) is 5.42. The van der Waals surface area contributed by atoms with Gasteiger partial charge in [0.2, 0.25) is 0 Å². The molecule has 78 valence electrons. The zero-order valence-corrected chi connectivity index (χ0v) is 8.88. The Hall–Kier alpha value is -1.13. The van der Waals surface area contributed by atoms with Gasteiger partial charge in [-0.2, -0.15) is 0 Å². The standard InChI is InChI=1S/C10H11ClN4/c11-9-8-7(6-1-2-12-3-6)4-13-10(8)15-5-14-9/h4-6,12H,1-3H2,(H,13,14,15). The summed E-state index contributed by atoms with van der Waals surface area (Å²) in [7, 11) is 0. The maximum atomic E-state index is 6.09. The van der Waals surface area contributed by atoms with Gasteiger partial charge in [0.25, 0.3) is 0 Å². The molecule has 3 heterocycles. The van der Waals surface area contributed by atoms with Crippen molar-refractivity contribution in [3.63, 3.8) is 0 Å². The third-order valence-corrected chi connectivity index (χ3v) is 3.24. The van der Waals surface area contributed by atoms with E-state index in [0.717, 1.165) is 30.5 Å². The number of aromatic nitrogens is 3. The smallest absolute Gasteiger partial charge is 0.142 e. The number of hydrogen-bond acceptors (Lipinski definition) is 3. The third kappa shape index (κ3) is 1.41. The minimum atomic E-state index is 0.530. The first kappa shape index (κ1) is 9.12. The highest BCUT2D eigenvalue weighted by atomic mass is 35.5. The fraction of sp³-hybridized carbons (Fsp3) is 0.400. The molecule has 0 spiro atoms. The maximum Gasteiger partial charge on any atom is 0.142 e. The van der Waals surface area contributed by atoms with Gasteiger partial charge in [0, 0.05) is 12.7 Å². The number of rotatable bonds is 1. The molecule has 0 bridgehead atoms. The summed E-state index contributed by atoms with van der Waals surface area (Å²) in [5, 5.41) is 4.87. The van der Waals surface area contributed by atoms with E-state index in [1.54, 1.807) is 0 Å². The van der Waals surface area contributed by atoms with Gasteiger partial charge in [-0.3, -0.25) is 0 Å². The number of H-pyrrole nitrogens is 1. The molecule has 1 aliphatic rings. The number of hydrogen-bond donors (Lipinski definition) is 2. The molecule has 15 heavy (non-hydrogen) atoms. The van der Waals surface area contributed by atoms with Crippen molar-refractivity contribution in [2.45, 2.75) is 12.3 Å². The molecule has 0 saturated carbocycles. The Morgan fingerprint density at radius 3 is 3.13 bits per heavy atom. The molecule has 5 heteroatoms. The first-order chi connectivity index (χ1) is 7.36. The van der Waals surface area contributed by atoms with Crippen LogP contribution in [0.25, 0.3) is 11.0 Å². The molecule has 4 nitrogen and oxygen atoms in total. The van der Waals surface area contributed by atoms with Gasteiger partial charge in [0.15, 0.2) is 0 Å². The highest BCUT2D eigenvalue weighted by Gasteiger charge is 2.21. The van der Waals surface area contributed by atoms with Crippen LogP contribution in [0.5, 0.6) is 0 Å². The Morgan fingerprint density at radius 1 is 1.40 bits per heavy atom. The lowest BCUT2D eigenvalue weighted by molar-refractivity contribution is 0.769. The quantitative estimate of drug-likeness (QED) is 0.722. The van der Waals surface area contributed by atoms with E-state index in [2.05, 4.69) is 20.3 Å². The van der Waals surface area contributed by atoms with Crippen molar-refractivity contribution in [2.24, 2.45) is 0 Å². The van der Waals surface area contributed by atoms with Gasteiger partial charge < -0.3 is 10.3 Å². The second-order valence-electron chi connectivity index (χ2n) is 3.82. The fourth-order valence-electron chi connectivity index (χ4n) is 2.19. The van der Waals surface area contributed by atoms with E-state index < -0.39 is 0 Å². The molecule has 0 aromatic carbocycles. The van der Waals surface area contributed by atoms with Crippen molar-refractivity contribution in [1.82, 2.24) is 20.3 Å². The lowest BCUT2D eigenvalue weighted by atomic mass is 9.99. The lowest BCUT2D eigenvalue weighted by Gasteiger charge is -2.06. The van der Waals surface area contributed by atoms with Crippen LogP contribution in [-0.4, -0.2) is 28.0 Å². The van der Waals surface area contributed by atoms with Crippen LogP contribution in [0.4, 0.5) is 0 Å². The number of aromatic amines is 1. The Bertz CT molecular complexity index is 487. The van der Waals surface area contributed by atoms with Crippen molar-refractivity contribution >= 4 is 22.6 Å². The normalized spacial score (nSPS) is 21.3. The summed E-state index contributed by atoms with van der Waals surface area (Å²) in [6.07, 6.45) is 4.64. The molecule has 0 aliphatic carbocycles. The maximum absolute atomic E-state index is 6.09. The van der Waals surface area contributed by atoms with Crippen LogP contribution in [0.15, 0.2) is 12.5 Å². The monoisotopic (exact) mass is 222 g/mol. The molecule has 1 aliphatic heterocycles. The van der Waals surface area contributed by atoms with Crippen LogP contribution >= 0.6 is 11.6 Å². The lowest BCUT2D eigenvalue weighted by Crippen LogP contribution is -2.07. The molecule has 1 saturated heterocycles. The summed E-state index contributed by atoms with van der Waals surface area (Å²) >= 11 is 6.09. The number of nitrogens with one attached hydrogen (secondary N) is 2. The summed E-state index contributed by atoms with van der Waals surface area (Å²) in [4.78, 5) is 11.3. The highest BCUT2D eigenvalue weighted by Crippen LogP contribution is 2.31. The first-order valence-electron chi connectivity index (χ1n) is 5.04. The van der Waals surface area contributed by atoms with E-state index in [1.807, 2.05) is 6.20 Å². The van der Waals surface area contributed by atoms with Gasteiger partial charge in [0.1, 0.15) is 17.1 Å². The van der Waals surface area contributed by atoms with E-state index in [0.29, 0.717) is 11.1 Å². The van der Waals surface area contributed by atoms with Gasteiger partial charge in [0.05, 0.1) is 5.39 Å². The van der Waals surface area contributed by atoms with Crippen molar-refractivity contribution in [3.05, 3.63) is 23.2 Å². The predicted octanol–water partition coefficient (Wildman–Crippen LogP) is 1.69. The summed E-state index contributed by atoms with van der Waals surface area (Å²) < 4.78 is 0. The molecule has 1 fully saturated rings. The second-order valence-corrected chi connectivity index (χ2v) is 4.18. The number of fused-ring (bicyclic) bond motifs is 1. The van der Waals surface area contributed by atoms with Gasteiger partial charge in [-0.15, -0.1) is 0 Å². The molecule has 2 aromatic rings. The van der Waals surface area contributed by atoms with Crippen molar-refractivity contribution < 1.29 is 0 Å². The zero-order chi connectivity index (χ0) is 10.3. The van der Waals surface area contributed by atoms with Crippen molar-refractivity contribution in [3.8, 4) is 0 Å². The molecular formula is C10H11ClN4. The van der Waals surface area contributed by atoms with E-state index in [4.69, 9.17) is 11.6 Å². The molecule has 1 unspecified atom stereocenters. The Labute approximate surface area is 92.1 Å². The summed E-state index contributed by atoms with van der Waals surface area (Å²) in [6, 6.07) is 0. The van der Waals surface area contributed by atoms with Crippen molar-refractivity contribution in [1.29, 1.82) is 0 Å². The summed E-state index contributed by atoms with van der Waals surface area (Å²) in [5.41, 5.74) is 2.07. The van der Waals surface area contributed by atoms with Gasteiger partial charge in [-0.05, 0) is 24.4 Å². The molecule has 0 radical (unpaired) electrons. The van der Waals surface area contributed by atoms with E-state index in [9.17, 15) is 0 Å². The number of halogens is 1. The van der Waals surface area contributed by atoms with Crippen LogP contribution < -0.4 is 5.32 Å². The van der Waals surface area contributed by atoms with E-state index in [-0.39, 0.29) is 0 Å². The summed E-state index contributed by atoms with van der Waals surface area (Å²) in [5.74, 6) is 0.530. The minimum absolute atomic E-state index is 0.530. The van der Waals surface area contributed by atoms with Crippen LogP contribution in [0.2, 0.25) is 5.15 Å². The van der Waals surface area contributed by atoms with Crippen LogP contribution in [0.1, 0.15) is 17.9 Å². The molecular weight excluding hydrogens is 212 g/mol. The number of nitrogens with zero attached hydrogens (tertiary/aromatic N) is 2. The van der Waals surface area contributed by atoms with Crippen molar-refractivity contribution in [2.75, 3.05) is 13.1 Å². The molecule has 0 amide bonds. The van der Waals surface area contributed by atoms with E-state index in [1.165, 1.54) is 11.9 Å². The Balaban J connectivity index is 2.18. The molecule has 1 atom stereocenters. The molecule has 3 rings (SSSR count). The Kier molecular flexibility index (Phi) is 2.11. The third-order valence-electron chi connectivity index (χ3n) is 2.95. The SMILES string of the molecule is Clc1ncnc2[nH]cc(C3CCNC3)c12. The topological polar surface area (TPSA) is 53.6 Å². The van der Waals surface area contributed by atoms with Crippen LogP contribution in [0.3, 0.4) is 0 Å². The zero-order valence-electron chi connectivity index (χ0n) is 8.13. The predicted molar refractivity (Wildman–Crippen MR) is 59.1 cm³/mol. The Morgan fingerprint density at radius 2 is 2.33 bits per heavy atom. The molecule has 2 N–H and O–H groups in total.